The lowest BCUT2D eigenvalue weighted by Crippen LogP contribution is -2.21. The van der Waals surface area contributed by atoms with E-state index < -0.39 is 11.8 Å². The second-order valence-corrected chi connectivity index (χ2v) is 8.55. The Morgan fingerprint density at radius 3 is 2.18 bits per heavy atom. The highest BCUT2D eigenvalue weighted by Gasteiger charge is 2.21. The maximum absolute atomic E-state index is 14.6. The summed E-state index contributed by atoms with van der Waals surface area (Å²) < 4.78 is 21.9. The Bertz CT molecular complexity index is 1250. The molecule has 3 aromatic carbocycles. The van der Waals surface area contributed by atoms with E-state index in [2.05, 4.69) is 15.7 Å². The highest BCUT2D eigenvalue weighted by molar-refractivity contribution is 5.99. The van der Waals surface area contributed by atoms with E-state index in [4.69, 9.17) is 4.74 Å². The van der Waals surface area contributed by atoms with E-state index in [1.54, 1.807) is 22.9 Å². The number of hydrogen-bond acceptors (Lipinski definition) is 3. The van der Waals surface area contributed by atoms with Crippen LogP contribution in [-0.4, -0.2) is 15.8 Å². The molecule has 1 heterocycles. The van der Waals surface area contributed by atoms with Gasteiger partial charge in [-0.3, -0.25) is 5.32 Å². The standard InChI is InChI=1S/C26H25FN4O2/c1-26(2,3)23-17-24(31(30-23)18-10-6-4-7-11-18)29-25(32)28-22-15-14-20(16-21(22)27)33-19-12-8-5-9-13-19/h4-17H,1-3H3,(H2,28,29,32). The first-order valence-electron chi connectivity index (χ1n) is 10.6. The molecule has 0 saturated heterocycles. The molecular weight excluding hydrogens is 419 g/mol. The van der Waals surface area contributed by atoms with Crippen molar-refractivity contribution in [3.8, 4) is 17.2 Å². The number of rotatable bonds is 5. The monoisotopic (exact) mass is 444 g/mol. The van der Waals surface area contributed by atoms with E-state index in [-0.39, 0.29) is 11.1 Å². The number of anilines is 2. The lowest BCUT2D eigenvalue weighted by molar-refractivity contribution is 0.262. The van der Waals surface area contributed by atoms with Crippen molar-refractivity contribution >= 4 is 17.5 Å². The fourth-order valence-corrected chi connectivity index (χ4v) is 3.16. The zero-order chi connectivity index (χ0) is 23.4. The van der Waals surface area contributed by atoms with Gasteiger partial charge in [-0.15, -0.1) is 0 Å². The van der Waals surface area contributed by atoms with Crippen LogP contribution in [0, 0.1) is 5.82 Å². The molecule has 4 aromatic rings. The highest BCUT2D eigenvalue weighted by atomic mass is 19.1. The molecule has 0 radical (unpaired) electrons. The molecule has 168 valence electrons. The minimum Gasteiger partial charge on any atom is -0.457 e. The van der Waals surface area contributed by atoms with Crippen LogP contribution in [0.2, 0.25) is 0 Å². The van der Waals surface area contributed by atoms with Crippen molar-refractivity contribution in [2.75, 3.05) is 10.6 Å². The number of carbonyl (C=O) groups is 1. The number of urea groups is 1. The van der Waals surface area contributed by atoms with Gasteiger partial charge in [-0.25, -0.2) is 13.9 Å². The molecule has 0 spiro atoms. The van der Waals surface area contributed by atoms with Crippen LogP contribution in [0.4, 0.5) is 20.7 Å². The van der Waals surface area contributed by atoms with Crippen LogP contribution in [0.15, 0.2) is 84.9 Å². The Balaban J connectivity index is 1.51. The van der Waals surface area contributed by atoms with Crippen molar-refractivity contribution in [3.63, 3.8) is 0 Å². The fraction of sp³-hybridized carbons (Fsp3) is 0.154. The molecule has 0 saturated carbocycles. The zero-order valence-electron chi connectivity index (χ0n) is 18.7. The highest BCUT2D eigenvalue weighted by Crippen LogP contribution is 2.28. The van der Waals surface area contributed by atoms with Crippen LogP contribution >= 0.6 is 0 Å². The molecule has 7 heteroatoms. The summed E-state index contributed by atoms with van der Waals surface area (Å²) in [6.07, 6.45) is 0. The predicted molar refractivity (Wildman–Crippen MR) is 128 cm³/mol. The summed E-state index contributed by atoms with van der Waals surface area (Å²) in [5.41, 5.74) is 1.44. The summed E-state index contributed by atoms with van der Waals surface area (Å²) in [4.78, 5) is 12.7. The van der Waals surface area contributed by atoms with Gasteiger partial charge in [0.25, 0.3) is 0 Å². The molecule has 6 nitrogen and oxygen atoms in total. The van der Waals surface area contributed by atoms with Gasteiger partial charge in [0.1, 0.15) is 23.1 Å². The number of hydrogen-bond donors (Lipinski definition) is 2. The van der Waals surface area contributed by atoms with Crippen molar-refractivity contribution in [2.24, 2.45) is 0 Å². The average molecular weight is 445 g/mol. The maximum Gasteiger partial charge on any atom is 0.324 e. The first-order chi connectivity index (χ1) is 15.8. The average Bonchev–Trinajstić information content (AvgIpc) is 3.21. The number of nitrogens with zero attached hydrogens (tertiary/aromatic N) is 2. The molecule has 4 rings (SSSR count). The number of ether oxygens (including phenoxy) is 1. The fourth-order valence-electron chi connectivity index (χ4n) is 3.16. The molecule has 0 aliphatic heterocycles. The number of amides is 2. The van der Waals surface area contributed by atoms with Gasteiger partial charge in [0.15, 0.2) is 0 Å². The minimum atomic E-state index is -0.606. The van der Waals surface area contributed by atoms with Crippen molar-refractivity contribution < 1.29 is 13.9 Å². The quantitative estimate of drug-likeness (QED) is 0.358. The number of benzene rings is 3. The van der Waals surface area contributed by atoms with E-state index in [0.717, 1.165) is 11.4 Å². The zero-order valence-corrected chi connectivity index (χ0v) is 18.7. The third-order valence-electron chi connectivity index (χ3n) is 4.89. The summed E-state index contributed by atoms with van der Waals surface area (Å²) in [5.74, 6) is 0.805. The topological polar surface area (TPSA) is 68.2 Å². The number of para-hydroxylation sites is 2. The van der Waals surface area contributed by atoms with Crippen LogP contribution in [0.25, 0.3) is 5.69 Å². The first-order valence-corrected chi connectivity index (χ1v) is 10.6. The number of carbonyl (C=O) groups excluding carboxylic acids is 1. The molecule has 2 amide bonds. The summed E-state index contributed by atoms with van der Waals surface area (Å²) in [7, 11) is 0. The predicted octanol–water partition coefficient (Wildman–Crippen LogP) is 6.75. The van der Waals surface area contributed by atoms with Crippen LogP contribution in [0.5, 0.6) is 11.5 Å². The number of aromatic nitrogens is 2. The molecule has 0 aliphatic carbocycles. The molecule has 0 unspecified atom stereocenters. The van der Waals surface area contributed by atoms with E-state index in [9.17, 15) is 9.18 Å². The third kappa shape index (κ3) is 5.38. The van der Waals surface area contributed by atoms with Crippen molar-refractivity contribution in [3.05, 3.63) is 96.4 Å². The molecule has 0 bridgehead atoms. The first kappa shape index (κ1) is 22.1. The lowest BCUT2D eigenvalue weighted by Gasteiger charge is -2.14. The molecule has 2 N–H and O–H groups in total. The Hall–Kier alpha value is -4.13. The summed E-state index contributed by atoms with van der Waals surface area (Å²) in [6, 6.07) is 24.1. The van der Waals surface area contributed by atoms with Gasteiger partial charge in [-0.2, -0.15) is 5.10 Å². The second kappa shape index (κ2) is 9.16. The van der Waals surface area contributed by atoms with Crippen LogP contribution in [0.1, 0.15) is 26.5 Å². The van der Waals surface area contributed by atoms with E-state index in [1.807, 2.05) is 75.4 Å². The molecule has 0 atom stereocenters. The van der Waals surface area contributed by atoms with Crippen LogP contribution < -0.4 is 15.4 Å². The largest absolute Gasteiger partial charge is 0.457 e. The van der Waals surface area contributed by atoms with Gasteiger partial charge in [0.05, 0.1) is 17.1 Å². The van der Waals surface area contributed by atoms with Gasteiger partial charge in [-0.05, 0) is 36.4 Å². The molecule has 0 aliphatic rings. The number of nitrogens with one attached hydrogen (secondary N) is 2. The van der Waals surface area contributed by atoms with E-state index >= 15 is 0 Å². The number of halogens is 1. The smallest absolute Gasteiger partial charge is 0.324 e. The molecular formula is C26H25FN4O2. The van der Waals surface area contributed by atoms with Gasteiger partial charge in [0, 0.05) is 17.5 Å². The Morgan fingerprint density at radius 2 is 1.55 bits per heavy atom. The third-order valence-corrected chi connectivity index (χ3v) is 4.89. The van der Waals surface area contributed by atoms with Crippen molar-refractivity contribution in [2.45, 2.75) is 26.2 Å². The van der Waals surface area contributed by atoms with Crippen LogP contribution in [-0.2, 0) is 5.41 Å². The Labute approximate surface area is 192 Å². The van der Waals surface area contributed by atoms with Gasteiger partial charge in [-0.1, -0.05) is 57.2 Å². The lowest BCUT2D eigenvalue weighted by atomic mass is 9.92. The summed E-state index contributed by atoms with van der Waals surface area (Å²) >= 11 is 0. The normalized spacial score (nSPS) is 11.2. The SMILES string of the molecule is CC(C)(C)c1cc(NC(=O)Nc2ccc(Oc3ccccc3)cc2F)n(-c2ccccc2)n1. The Kier molecular flexibility index (Phi) is 6.13. The minimum absolute atomic E-state index is 0.0368. The second-order valence-electron chi connectivity index (χ2n) is 8.55. The van der Waals surface area contributed by atoms with Crippen LogP contribution in [0.3, 0.4) is 0 Å². The van der Waals surface area contributed by atoms with Gasteiger partial charge >= 0.3 is 6.03 Å². The summed E-state index contributed by atoms with van der Waals surface area (Å²) in [6.45, 7) is 6.13. The molecule has 0 fully saturated rings. The van der Waals surface area contributed by atoms with Gasteiger partial charge < -0.3 is 10.1 Å². The van der Waals surface area contributed by atoms with E-state index in [1.165, 1.54) is 12.1 Å². The van der Waals surface area contributed by atoms with Gasteiger partial charge in [0.2, 0.25) is 0 Å². The molecule has 1 aromatic heterocycles. The maximum atomic E-state index is 14.6. The van der Waals surface area contributed by atoms with Crippen molar-refractivity contribution in [1.29, 1.82) is 0 Å². The Morgan fingerprint density at radius 1 is 0.879 bits per heavy atom. The molecule has 33 heavy (non-hydrogen) atoms. The summed E-state index contributed by atoms with van der Waals surface area (Å²) in [5, 5.41) is 10.0. The van der Waals surface area contributed by atoms with Crippen molar-refractivity contribution in [1.82, 2.24) is 9.78 Å². The van der Waals surface area contributed by atoms with E-state index in [0.29, 0.717) is 17.3 Å².